The van der Waals surface area contributed by atoms with E-state index >= 15 is 0 Å². The smallest absolute Gasteiger partial charge is 0.220 e. The third-order valence-electron chi connectivity index (χ3n) is 4.31. The summed E-state index contributed by atoms with van der Waals surface area (Å²) in [5, 5.41) is 2.99. The Hall–Kier alpha value is -2.69. The maximum atomic E-state index is 12.1. The molecular weight excluding hydrogens is 342 g/mol. The molecule has 5 nitrogen and oxygen atoms in total. The molecule has 1 N–H and O–H groups in total. The van der Waals surface area contributed by atoms with Gasteiger partial charge in [-0.05, 0) is 55.5 Å². The van der Waals surface area contributed by atoms with Crippen LogP contribution in [0.2, 0.25) is 0 Å². The lowest BCUT2D eigenvalue weighted by Crippen LogP contribution is -2.25. The standard InChI is InChI=1S/C22H29NO4/c1-4-27-19-10-6-5-8-18(19)9-7-15-23-22(24)14-12-17-11-13-20(25-2)21(16-17)26-3/h5-6,8,10-11,13,16H,4,7,9,12,14-15H2,1-3H3,(H,23,24). The Balaban J connectivity index is 1.72. The van der Waals surface area contributed by atoms with Crippen LogP contribution in [0.5, 0.6) is 17.2 Å². The molecular formula is C22H29NO4. The molecule has 2 aromatic rings. The van der Waals surface area contributed by atoms with Crippen molar-refractivity contribution in [1.82, 2.24) is 5.32 Å². The van der Waals surface area contributed by atoms with E-state index < -0.39 is 0 Å². The molecule has 5 heteroatoms. The topological polar surface area (TPSA) is 56.8 Å². The fourth-order valence-electron chi connectivity index (χ4n) is 2.90. The molecule has 2 rings (SSSR count). The zero-order chi connectivity index (χ0) is 19.5. The highest BCUT2D eigenvalue weighted by Crippen LogP contribution is 2.27. The number of aryl methyl sites for hydroxylation is 2. The summed E-state index contributed by atoms with van der Waals surface area (Å²) in [4.78, 5) is 12.1. The molecule has 1 amide bonds. The first-order valence-electron chi connectivity index (χ1n) is 9.36. The molecule has 0 radical (unpaired) electrons. The zero-order valence-electron chi connectivity index (χ0n) is 16.4. The number of benzene rings is 2. The maximum absolute atomic E-state index is 12.1. The molecule has 0 fully saturated rings. The van der Waals surface area contributed by atoms with Crippen LogP contribution in [-0.2, 0) is 17.6 Å². The van der Waals surface area contributed by atoms with Crippen LogP contribution in [0.3, 0.4) is 0 Å². The average Bonchev–Trinajstić information content (AvgIpc) is 2.70. The minimum absolute atomic E-state index is 0.0582. The normalized spacial score (nSPS) is 10.3. The molecule has 0 aliphatic rings. The number of hydrogen-bond acceptors (Lipinski definition) is 4. The van der Waals surface area contributed by atoms with Crippen molar-refractivity contribution in [3.05, 3.63) is 53.6 Å². The lowest BCUT2D eigenvalue weighted by atomic mass is 10.1. The van der Waals surface area contributed by atoms with Crippen LogP contribution in [0.15, 0.2) is 42.5 Å². The highest BCUT2D eigenvalue weighted by Gasteiger charge is 2.07. The van der Waals surface area contributed by atoms with Crippen molar-refractivity contribution >= 4 is 5.91 Å². The molecule has 146 valence electrons. The monoisotopic (exact) mass is 371 g/mol. The second-order valence-electron chi connectivity index (χ2n) is 6.18. The Morgan fingerprint density at radius 2 is 1.74 bits per heavy atom. The number of rotatable bonds is 11. The van der Waals surface area contributed by atoms with E-state index in [1.807, 2.05) is 43.3 Å². The van der Waals surface area contributed by atoms with Crippen molar-refractivity contribution in [3.8, 4) is 17.2 Å². The summed E-state index contributed by atoms with van der Waals surface area (Å²) < 4.78 is 16.2. The van der Waals surface area contributed by atoms with Gasteiger partial charge in [-0.2, -0.15) is 0 Å². The first-order valence-corrected chi connectivity index (χ1v) is 9.36. The van der Waals surface area contributed by atoms with Crippen molar-refractivity contribution < 1.29 is 19.0 Å². The number of methoxy groups -OCH3 is 2. The summed E-state index contributed by atoms with van der Waals surface area (Å²) in [6, 6.07) is 13.8. The van der Waals surface area contributed by atoms with Gasteiger partial charge < -0.3 is 19.5 Å². The van der Waals surface area contributed by atoms with Gasteiger partial charge in [0.1, 0.15) is 5.75 Å². The number of nitrogens with one attached hydrogen (secondary N) is 1. The van der Waals surface area contributed by atoms with E-state index in [-0.39, 0.29) is 5.91 Å². The van der Waals surface area contributed by atoms with E-state index in [0.29, 0.717) is 37.5 Å². The number of para-hydroxylation sites is 1. The molecule has 0 saturated carbocycles. The first-order chi connectivity index (χ1) is 13.2. The van der Waals surface area contributed by atoms with Crippen molar-refractivity contribution in [1.29, 1.82) is 0 Å². The first kappa shape index (κ1) is 20.6. The maximum Gasteiger partial charge on any atom is 0.220 e. The van der Waals surface area contributed by atoms with Gasteiger partial charge in [0.2, 0.25) is 5.91 Å². The fourth-order valence-corrected chi connectivity index (χ4v) is 2.90. The summed E-state index contributed by atoms with van der Waals surface area (Å²) >= 11 is 0. The van der Waals surface area contributed by atoms with Crippen LogP contribution >= 0.6 is 0 Å². The summed E-state index contributed by atoms with van der Waals surface area (Å²) in [7, 11) is 3.22. The van der Waals surface area contributed by atoms with Gasteiger partial charge in [0, 0.05) is 13.0 Å². The van der Waals surface area contributed by atoms with Crippen LogP contribution in [0.25, 0.3) is 0 Å². The largest absolute Gasteiger partial charge is 0.494 e. The highest BCUT2D eigenvalue weighted by atomic mass is 16.5. The predicted octanol–water partition coefficient (Wildman–Crippen LogP) is 3.78. The lowest BCUT2D eigenvalue weighted by Gasteiger charge is -2.11. The molecule has 0 atom stereocenters. The van der Waals surface area contributed by atoms with Gasteiger partial charge in [0.15, 0.2) is 11.5 Å². The molecule has 0 bridgehead atoms. The molecule has 0 aliphatic heterocycles. The molecule has 2 aromatic carbocycles. The quantitative estimate of drug-likeness (QED) is 0.611. The Labute approximate surface area is 161 Å². The molecule has 0 unspecified atom stereocenters. The van der Waals surface area contributed by atoms with E-state index in [1.165, 1.54) is 5.56 Å². The molecule has 0 aromatic heterocycles. The van der Waals surface area contributed by atoms with E-state index in [4.69, 9.17) is 14.2 Å². The molecule has 0 saturated heterocycles. The molecule has 0 heterocycles. The molecule has 27 heavy (non-hydrogen) atoms. The lowest BCUT2D eigenvalue weighted by molar-refractivity contribution is -0.121. The third kappa shape index (κ3) is 6.51. The molecule has 0 aliphatic carbocycles. The number of carbonyl (C=O) groups is 1. The Morgan fingerprint density at radius 3 is 2.48 bits per heavy atom. The minimum Gasteiger partial charge on any atom is -0.494 e. The number of hydrogen-bond donors (Lipinski definition) is 1. The van der Waals surface area contributed by atoms with Crippen molar-refractivity contribution in [2.45, 2.75) is 32.6 Å². The van der Waals surface area contributed by atoms with Crippen LogP contribution in [0, 0.1) is 0 Å². The van der Waals surface area contributed by atoms with Crippen LogP contribution in [0.4, 0.5) is 0 Å². The fraction of sp³-hybridized carbons (Fsp3) is 0.409. The summed E-state index contributed by atoms with van der Waals surface area (Å²) in [6.07, 6.45) is 2.88. The van der Waals surface area contributed by atoms with E-state index in [0.717, 1.165) is 24.2 Å². The van der Waals surface area contributed by atoms with E-state index in [2.05, 4.69) is 11.4 Å². The van der Waals surface area contributed by atoms with Gasteiger partial charge >= 0.3 is 0 Å². The van der Waals surface area contributed by atoms with Gasteiger partial charge in [-0.1, -0.05) is 24.3 Å². The SMILES string of the molecule is CCOc1ccccc1CCCNC(=O)CCc1ccc(OC)c(OC)c1. The number of amides is 1. The van der Waals surface area contributed by atoms with Gasteiger partial charge in [-0.3, -0.25) is 4.79 Å². The van der Waals surface area contributed by atoms with Gasteiger partial charge in [0.05, 0.1) is 20.8 Å². The van der Waals surface area contributed by atoms with Crippen molar-refractivity contribution in [2.24, 2.45) is 0 Å². The van der Waals surface area contributed by atoms with Gasteiger partial charge in [-0.25, -0.2) is 0 Å². The Morgan fingerprint density at radius 1 is 0.963 bits per heavy atom. The minimum atomic E-state index is 0.0582. The van der Waals surface area contributed by atoms with Gasteiger partial charge in [-0.15, -0.1) is 0 Å². The van der Waals surface area contributed by atoms with E-state index in [1.54, 1.807) is 14.2 Å². The van der Waals surface area contributed by atoms with Gasteiger partial charge in [0.25, 0.3) is 0 Å². The van der Waals surface area contributed by atoms with Crippen LogP contribution < -0.4 is 19.5 Å². The van der Waals surface area contributed by atoms with Crippen LogP contribution in [-0.4, -0.2) is 33.3 Å². The molecule has 0 spiro atoms. The summed E-state index contributed by atoms with van der Waals surface area (Å²) in [5.41, 5.74) is 2.23. The second kappa shape index (κ2) is 11.1. The van der Waals surface area contributed by atoms with Crippen molar-refractivity contribution in [3.63, 3.8) is 0 Å². The number of carbonyl (C=O) groups excluding carboxylic acids is 1. The van der Waals surface area contributed by atoms with E-state index in [9.17, 15) is 4.79 Å². The number of ether oxygens (including phenoxy) is 3. The predicted molar refractivity (Wildman–Crippen MR) is 107 cm³/mol. The Bertz CT molecular complexity index is 730. The second-order valence-corrected chi connectivity index (χ2v) is 6.18. The zero-order valence-corrected chi connectivity index (χ0v) is 16.4. The summed E-state index contributed by atoms with van der Waals surface area (Å²) in [6.45, 7) is 3.30. The highest BCUT2D eigenvalue weighted by molar-refractivity contribution is 5.76. The Kier molecular flexibility index (Phi) is 8.49. The van der Waals surface area contributed by atoms with Crippen LogP contribution in [0.1, 0.15) is 30.9 Å². The summed E-state index contributed by atoms with van der Waals surface area (Å²) in [5.74, 6) is 2.36. The average molecular weight is 371 g/mol. The van der Waals surface area contributed by atoms with Crippen molar-refractivity contribution in [2.75, 3.05) is 27.4 Å². The third-order valence-corrected chi connectivity index (χ3v) is 4.31.